The van der Waals surface area contributed by atoms with Crippen LogP contribution in [0.5, 0.6) is 0 Å². The van der Waals surface area contributed by atoms with Crippen LogP contribution >= 0.6 is 0 Å². The number of halogens is 3. The third-order valence-corrected chi connectivity index (χ3v) is 5.23. The first kappa shape index (κ1) is 15.6. The molecule has 9 heteroatoms. The van der Waals surface area contributed by atoms with Gasteiger partial charge < -0.3 is 5.11 Å². The zero-order chi connectivity index (χ0) is 17.1. The predicted octanol–water partition coefficient (Wildman–Crippen LogP) is 2.15. The van der Waals surface area contributed by atoms with Gasteiger partial charge >= 0.3 is 6.18 Å². The minimum absolute atomic E-state index is 0.0619. The van der Waals surface area contributed by atoms with Gasteiger partial charge in [0.15, 0.2) is 5.69 Å². The third-order valence-electron chi connectivity index (χ3n) is 5.23. The smallest absolute Gasteiger partial charge is 0.362 e. The molecular formula is C15H17F3N4O2. The number of aromatic amines is 1. The molecule has 1 aromatic heterocycles. The number of amides is 1. The lowest BCUT2D eigenvalue weighted by Crippen LogP contribution is -2.61. The summed E-state index contributed by atoms with van der Waals surface area (Å²) in [6, 6.07) is 0. The van der Waals surface area contributed by atoms with Gasteiger partial charge in [0.25, 0.3) is 11.6 Å². The number of aliphatic hydroxyl groups is 1. The number of nitrogens with zero attached hydrogens (tertiary/aromatic N) is 3. The first-order chi connectivity index (χ1) is 11.3. The monoisotopic (exact) mass is 342 g/mol. The van der Waals surface area contributed by atoms with Crippen LogP contribution in [-0.4, -0.2) is 43.8 Å². The number of H-pyrrole nitrogens is 1. The summed E-state index contributed by atoms with van der Waals surface area (Å²) in [5.41, 5.74) is -1.68. The standard InChI is InChI=1S/C15H17F3N4O2/c16-15(17,18)14(24)9-5-1-2-6-11(9)21-22(14)13(23)12-8-4-3-7-10(8)19-20-12/h9,24H,1-7H2,(H,19,20)/t9-,14+/m0/s1. The molecule has 1 aromatic rings. The fourth-order valence-corrected chi connectivity index (χ4v) is 4.02. The van der Waals surface area contributed by atoms with Crippen molar-refractivity contribution in [1.29, 1.82) is 0 Å². The molecule has 24 heavy (non-hydrogen) atoms. The number of alkyl halides is 3. The number of nitrogens with one attached hydrogen (secondary N) is 1. The summed E-state index contributed by atoms with van der Waals surface area (Å²) >= 11 is 0. The van der Waals surface area contributed by atoms with Crippen molar-refractivity contribution in [3.8, 4) is 0 Å². The van der Waals surface area contributed by atoms with Gasteiger partial charge in [0.05, 0.1) is 5.92 Å². The van der Waals surface area contributed by atoms with Crippen molar-refractivity contribution in [2.75, 3.05) is 0 Å². The Labute approximate surface area is 135 Å². The molecule has 2 heterocycles. The van der Waals surface area contributed by atoms with Crippen molar-refractivity contribution in [3.63, 3.8) is 0 Å². The van der Waals surface area contributed by atoms with Crippen molar-refractivity contribution in [2.45, 2.75) is 56.8 Å². The van der Waals surface area contributed by atoms with Crippen molar-refractivity contribution < 1.29 is 23.1 Å². The van der Waals surface area contributed by atoms with Crippen molar-refractivity contribution in [2.24, 2.45) is 11.0 Å². The Morgan fingerprint density at radius 3 is 2.79 bits per heavy atom. The van der Waals surface area contributed by atoms with Gasteiger partial charge in [0.1, 0.15) is 0 Å². The van der Waals surface area contributed by atoms with Crippen LogP contribution in [0.25, 0.3) is 0 Å². The number of carbonyl (C=O) groups is 1. The molecule has 0 bridgehead atoms. The van der Waals surface area contributed by atoms with E-state index in [9.17, 15) is 23.1 Å². The molecule has 0 radical (unpaired) electrons. The molecule has 3 aliphatic rings. The van der Waals surface area contributed by atoms with Crippen molar-refractivity contribution in [3.05, 3.63) is 17.0 Å². The van der Waals surface area contributed by atoms with Crippen molar-refractivity contribution >= 4 is 11.6 Å². The van der Waals surface area contributed by atoms with Crippen LogP contribution < -0.4 is 0 Å². The van der Waals surface area contributed by atoms with E-state index in [4.69, 9.17) is 0 Å². The molecular weight excluding hydrogens is 325 g/mol. The molecule has 2 atom stereocenters. The topological polar surface area (TPSA) is 81.6 Å². The number of hydrogen-bond donors (Lipinski definition) is 2. The maximum absolute atomic E-state index is 13.7. The fourth-order valence-electron chi connectivity index (χ4n) is 4.02. The van der Waals surface area contributed by atoms with Gasteiger partial charge in [-0.3, -0.25) is 9.89 Å². The predicted molar refractivity (Wildman–Crippen MR) is 77.2 cm³/mol. The summed E-state index contributed by atoms with van der Waals surface area (Å²) in [5.74, 6) is -2.18. The number of hydrazone groups is 1. The summed E-state index contributed by atoms with van der Waals surface area (Å²) in [5, 5.41) is 21.2. The Kier molecular flexibility index (Phi) is 3.28. The summed E-state index contributed by atoms with van der Waals surface area (Å²) in [4.78, 5) is 12.7. The first-order valence-corrected chi connectivity index (χ1v) is 8.11. The van der Waals surface area contributed by atoms with E-state index in [1.54, 1.807) is 0 Å². The average molecular weight is 342 g/mol. The largest absolute Gasteiger partial charge is 0.439 e. The fraction of sp³-hybridized carbons (Fsp3) is 0.667. The lowest BCUT2D eigenvalue weighted by molar-refractivity contribution is -0.312. The minimum Gasteiger partial charge on any atom is -0.362 e. The Bertz CT molecular complexity index is 727. The zero-order valence-electron chi connectivity index (χ0n) is 12.9. The second kappa shape index (κ2) is 5.05. The SMILES string of the molecule is O=C(c1n[nH]c2c1CCC2)N1N=C2CCCC[C@@H]2[C@@]1(O)C(F)(F)F. The van der Waals surface area contributed by atoms with Gasteiger partial charge in [-0.15, -0.1) is 0 Å². The maximum atomic E-state index is 13.7. The number of carbonyl (C=O) groups excluding carboxylic acids is 1. The molecule has 1 amide bonds. The average Bonchev–Trinajstić information content (AvgIpc) is 3.19. The van der Waals surface area contributed by atoms with Crippen LogP contribution in [0, 0.1) is 5.92 Å². The highest BCUT2D eigenvalue weighted by atomic mass is 19.4. The van der Waals surface area contributed by atoms with E-state index in [0.29, 0.717) is 31.2 Å². The molecule has 6 nitrogen and oxygen atoms in total. The lowest BCUT2D eigenvalue weighted by atomic mass is 9.80. The molecule has 2 N–H and O–H groups in total. The normalized spacial score (nSPS) is 29.4. The van der Waals surface area contributed by atoms with Gasteiger partial charge in [-0.05, 0) is 38.5 Å². The van der Waals surface area contributed by atoms with E-state index in [2.05, 4.69) is 15.3 Å². The second-order valence-electron chi connectivity index (χ2n) is 6.61. The minimum atomic E-state index is -4.99. The van der Waals surface area contributed by atoms with Crippen LogP contribution in [0.3, 0.4) is 0 Å². The molecule has 2 aliphatic carbocycles. The molecule has 0 saturated heterocycles. The van der Waals surface area contributed by atoms with E-state index in [1.165, 1.54) is 0 Å². The van der Waals surface area contributed by atoms with Crippen molar-refractivity contribution in [1.82, 2.24) is 15.2 Å². The summed E-state index contributed by atoms with van der Waals surface area (Å²) < 4.78 is 41.1. The molecule has 0 unspecified atom stereocenters. The Morgan fingerprint density at radius 2 is 2.04 bits per heavy atom. The Morgan fingerprint density at radius 1 is 1.25 bits per heavy atom. The number of aryl methyl sites for hydroxylation is 1. The lowest BCUT2D eigenvalue weighted by Gasteiger charge is -2.38. The highest BCUT2D eigenvalue weighted by Gasteiger charge is 2.68. The summed E-state index contributed by atoms with van der Waals surface area (Å²) in [6.07, 6.45) is -1.05. The Hall–Kier alpha value is -1.90. The van der Waals surface area contributed by atoms with Crippen LogP contribution in [0.15, 0.2) is 5.10 Å². The second-order valence-corrected chi connectivity index (χ2v) is 6.61. The Balaban J connectivity index is 1.77. The van der Waals surface area contributed by atoms with E-state index < -0.39 is 23.7 Å². The first-order valence-electron chi connectivity index (χ1n) is 8.11. The van der Waals surface area contributed by atoms with Crippen LogP contribution in [-0.2, 0) is 12.8 Å². The quantitative estimate of drug-likeness (QED) is 0.820. The highest BCUT2D eigenvalue weighted by Crippen LogP contribution is 2.48. The number of fused-ring (bicyclic) bond motifs is 2. The van der Waals surface area contributed by atoms with E-state index in [-0.39, 0.29) is 22.8 Å². The molecule has 130 valence electrons. The van der Waals surface area contributed by atoms with Crippen LogP contribution in [0.2, 0.25) is 0 Å². The highest BCUT2D eigenvalue weighted by molar-refractivity contribution is 5.99. The van der Waals surface area contributed by atoms with Gasteiger partial charge in [-0.1, -0.05) is 6.42 Å². The molecule has 1 saturated carbocycles. The van der Waals surface area contributed by atoms with Crippen LogP contribution in [0.1, 0.15) is 53.8 Å². The maximum Gasteiger partial charge on any atom is 0.439 e. The van der Waals surface area contributed by atoms with Gasteiger partial charge in [0.2, 0.25) is 0 Å². The number of hydrogen-bond acceptors (Lipinski definition) is 4. The molecule has 4 rings (SSSR count). The number of rotatable bonds is 1. The summed E-state index contributed by atoms with van der Waals surface area (Å²) in [6.45, 7) is 0. The molecule has 1 fully saturated rings. The molecule has 0 aromatic carbocycles. The third kappa shape index (κ3) is 1.96. The molecule has 0 spiro atoms. The van der Waals surface area contributed by atoms with E-state index in [1.807, 2.05) is 0 Å². The zero-order valence-corrected chi connectivity index (χ0v) is 12.9. The van der Waals surface area contributed by atoms with Gasteiger partial charge in [-0.25, -0.2) is 0 Å². The van der Waals surface area contributed by atoms with E-state index >= 15 is 0 Å². The molecule has 1 aliphatic heterocycles. The number of aromatic nitrogens is 2. The van der Waals surface area contributed by atoms with Gasteiger partial charge in [0, 0.05) is 17.0 Å². The van der Waals surface area contributed by atoms with E-state index in [0.717, 1.165) is 18.5 Å². The van der Waals surface area contributed by atoms with Gasteiger partial charge in [-0.2, -0.15) is 28.4 Å². The van der Waals surface area contributed by atoms with Crippen LogP contribution in [0.4, 0.5) is 13.2 Å². The summed E-state index contributed by atoms with van der Waals surface area (Å²) in [7, 11) is 0.